The highest BCUT2D eigenvalue weighted by Crippen LogP contribution is 2.26. The van der Waals surface area contributed by atoms with Crippen molar-refractivity contribution < 1.29 is 24.0 Å². The van der Waals surface area contributed by atoms with Gasteiger partial charge in [-0.3, -0.25) is 24.1 Å². The largest absolute Gasteiger partial charge is 0.357 e. The first-order valence-electron chi connectivity index (χ1n) is 10.9. The molecule has 0 aromatic rings. The summed E-state index contributed by atoms with van der Waals surface area (Å²) in [5.41, 5.74) is -0.492. The Balaban J connectivity index is 2.82. The Labute approximate surface area is 201 Å². The average molecular weight is 484 g/mol. The number of hydrogen-bond acceptors (Lipinski definition) is 6. The van der Waals surface area contributed by atoms with E-state index in [1.54, 1.807) is 27.8 Å². The van der Waals surface area contributed by atoms with Gasteiger partial charge < -0.3 is 20.9 Å². The summed E-state index contributed by atoms with van der Waals surface area (Å²) in [6, 6.07) is -2.24. The summed E-state index contributed by atoms with van der Waals surface area (Å²) < 4.78 is 0. The van der Waals surface area contributed by atoms with Crippen molar-refractivity contribution in [3.63, 3.8) is 0 Å². The lowest BCUT2D eigenvalue weighted by Crippen LogP contribution is -2.55. The van der Waals surface area contributed by atoms with Crippen LogP contribution >= 0.6 is 12.6 Å². The number of imide groups is 1. The van der Waals surface area contributed by atoms with Gasteiger partial charge in [-0.1, -0.05) is 20.4 Å². The lowest BCUT2D eigenvalue weighted by atomic mass is 10.0. The number of likely N-dealkylation sites (N-methyl/N-ethyl adjacent to an activating group) is 2. The number of carbonyl (C=O) groups excluding carboxylic acids is 5. The van der Waals surface area contributed by atoms with E-state index in [9.17, 15) is 24.0 Å². The molecule has 1 saturated heterocycles. The highest BCUT2D eigenvalue weighted by Gasteiger charge is 2.49. The fourth-order valence-electron chi connectivity index (χ4n) is 3.33. The molecule has 1 aliphatic heterocycles. The number of rotatable bonds is 11. The molecule has 1 heterocycles. The maximum absolute atomic E-state index is 12.9. The Morgan fingerprint density at radius 1 is 1.09 bits per heavy atom. The number of nitrogens with zero attached hydrogens (tertiary/aromatic N) is 2. The van der Waals surface area contributed by atoms with E-state index in [-0.39, 0.29) is 24.8 Å². The molecule has 6 amide bonds. The van der Waals surface area contributed by atoms with Crippen molar-refractivity contribution in [1.29, 1.82) is 0 Å². The molecule has 0 spiro atoms. The SMILES string of the molecule is C=C(C)[C@H](NC(=O)[C@H](CC(C)C)NC(=O)[C@@H](S)CCN1C(=O)N(C)C(C)(C)C1=O)C(=O)NC. The van der Waals surface area contributed by atoms with E-state index >= 15 is 0 Å². The van der Waals surface area contributed by atoms with Gasteiger partial charge in [-0.05, 0) is 45.1 Å². The van der Waals surface area contributed by atoms with E-state index in [1.165, 1.54) is 11.9 Å². The summed E-state index contributed by atoms with van der Waals surface area (Å²) in [5, 5.41) is 6.93. The second-order valence-corrected chi connectivity index (χ2v) is 9.88. The summed E-state index contributed by atoms with van der Waals surface area (Å²) in [4.78, 5) is 65.0. The van der Waals surface area contributed by atoms with Gasteiger partial charge in [0.05, 0.1) is 5.25 Å². The topological polar surface area (TPSA) is 128 Å². The third-order valence-corrected chi connectivity index (χ3v) is 6.17. The van der Waals surface area contributed by atoms with Crippen LogP contribution in [-0.2, 0) is 19.2 Å². The number of thiol groups is 1. The van der Waals surface area contributed by atoms with Crippen LogP contribution in [0.2, 0.25) is 0 Å². The van der Waals surface area contributed by atoms with Gasteiger partial charge in [0.25, 0.3) is 5.91 Å². The van der Waals surface area contributed by atoms with Gasteiger partial charge in [0.2, 0.25) is 17.7 Å². The Kier molecular flexibility index (Phi) is 9.95. The van der Waals surface area contributed by atoms with Crippen LogP contribution in [0.4, 0.5) is 4.79 Å². The first-order valence-corrected chi connectivity index (χ1v) is 11.4. The molecule has 1 rings (SSSR count). The molecule has 0 radical (unpaired) electrons. The summed E-state index contributed by atoms with van der Waals surface area (Å²) >= 11 is 4.32. The molecule has 11 heteroatoms. The smallest absolute Gasteiger partial charge is 0.327 e. The Bertz CT molecular complexity index is 813. The van der Waals surface area contributed by atoms with Gasteiger partial charge >= 0.3 is 6.03 Å². The summed E-state index contributed by atoms with van der Waals surface area (Å²) in [6.07, 6.45) is 0.468. The molecule has 3 atom stereocenters. The van der Waals surface area contributed by atoms with Crippen molar-refractivity contribution >= 4 is 42.3 Å². The molecule has 33 heavy (non-hydrogen) atoms. The molecule has 3 N–H and O–H groups in total. The molecule has 186 valence electrons. The molecule has 0 unspecified atom stereocenters. The van der Waals surface area contributed by atoms with Crippen LogP contribution in [-0.4, -0.2) is 83.0 Å². The number of hydrogen-bond donors (Lipinski definition) is 4. The van der Waals surface area contributed by atoms with Crippen LogP contribution in [0.25, 0.3) is 0 Å². The van der Waals surface area contributed by atoms with Gasteiger partial charge in [0.1, 0.15) is 17.6 Å². The normalized spacial score (nSPS) is 18.1. The highest BCUT2D eigenvalue weighted by molar-refractivity contribution is 7.81. The van der Waals surface area contributed by atoms with Gasteiger partial charge in [-0.15, -0.1) is 0 Å². The minimum Gasteiger partial charge on any atom is -0.357 e. The second-order valence-electron chi connectivity index (χ2n) is 9.25. The van der Waals surface area contributed by atoms with Gasteiger partial charge in [0.15, 0.2) is 0 Å². The number of nitrogens with one attached hydrogen (secondary N) is 3. The lowest BCUT2D eigenvalue weighted by Gasteiger charge is -2.25. The van der Waals surface area contributed by atoms with E-state index in [1.807, 2.05) is 13.8 Å². The minimum absolute atomic E-state index is 0.0302. The molecule has 1 fully saturated rings. The van der Waals surface area contributed by atoms with E-state index < -0.39 is 46.6 Å². The summed E-state index contributed by atoms with van der Waals surface area (Å²) in [5.74, 6) is -1.68. The first-order chi connectivity index (χ1) is 15.1. The van der Waals surface area contributed by atoms with Crippen LogP contribution in [0.5, 0.6) is 0 Å². The number of amides is 6. The van der Waals surface area contributed by atoms with Crippen LogP contribution in [0, 0.1) is 5.92 Å². The fourth-order valence-corrected chi connectivity index (χ4v) is 3.52. The first kappa shape index (κ1) is 28.5. The van der Waals surface area contributed by atoms with Crippen molar-refractivity contribution in [3.8, 4) is 0 Å². The molecule has 1 aliphatic rings. The van der Waals surface area contributed by atoms with Crippen LogP contribution in [0.1, 0.15) is 47.5 Å². The predicted octanol–water partition coefficient (Wildman–Crippen LogP) is 0.685. The van der Waals surface area contributed by atoms with Crippen LogP contribution in [0.15, 0.2) is 12.2 Å². The van der Waals surface area contributed by atoms with E-state index in [0.29, 0.717) is 12.0 Å². The van der Waals surface area contributed by atoms with Crippen molar-refractivity contribution in [3.05, 3.63) is 12.2 Å². The fraction of sp³-hybridized carbons (Fsp3) is 0.682. The lowest BCUT2D eigenvalue weighted by molar-refractivity contribution is -0.132. The Hall–Kier alpha value is -2.56. The summed E-state index contributed by atoms with van der Waals surface area (Å²) in [6.45, 7) is 12.5. The van der Waals surface area contributed by atoms with Crippen molar-refractivity contribution in [2.24, 2.45) is 5.92 Å². The summed E-state index contributed by atoms with van der Waals surface area (Å²) in [7, 11) is 3.01. The van der Waals surface area contributed by atoms with Crippen molar-refractivity contribution in [1.82, 2.24) is 25.8 Å². The quantitative estimate of drug-likeness (QED) is 0.195. The third-order valence-electron chi connectivity index (χ3n) is 5.68. The second kappa shape index (κ2) is 11.5. The third kappa shape index (κ3) is 6.96. The monoisotopic (exact) mass is 483 g/mol. The van der Waals surface area contributed by atoms with Crippen LogP contribution < -0.4 is 16.0 Å². The molecular formula is C22H37N5O5S. The predicted molar refractivity (Wildman–Crippen MR) is 129 cm³/mol. The van der Waals surface area contributed by atoms with E-state index in [2.05, 4.69) is 35.2 Å². The zero-order valence-corrected chi connectivity index (χ0v) is 21.4. The van der Waals surface area contributed by atoms with Crippen LogP contribution in [0.3, 0.4) is 0 Å². The number of carbonyl (C=O) groups is 5. The standard InChI is InChI=1S/C22H37N5O5S/c1-12(2)11-14(17(28)25-16(13(3)4)19(30)23-7)24-18(29)15(33)9-10-27-20(31)22(5,6)26(8)21(27)32/h12,14-16,33H,3,9-11H2,1-2,4-8H3,(H,23,30)(H,24,29)(H,25,28)/t14-,15-,16-/m0/s1. The van der Waals surface area contributed by atoms with Gasteiger partial charge in [0, 0.05) is 20.6 Å². The maximum Gasteiger partial charge on any atom is 0.327 e. The Morgan fingerprint density at radius 2 is 1.67 bits per heavy atom. The molecule has 10 nitrogen and oxygen atoms in total. The zero-order valence-electron chi connectivity index (χ0n) is 20.5. The average Bonchev–Trinajstić information content (AvgIpc) is 2.87. The zero-order chi connectivity index (χ0) is 25.7. The van der Waals surface area contributed by atoms with Gasteiger partial charge in [-0.2, -0.15) is 12.6 Å². The minimum atomic E-state index is -0.948. The highest BCUT2D eigenvalue weighted by atomic mass is 32.1. The molecule has 0 aromatic carbocycles. The van der Waals surface area contributed by atoms with Crippen molar-refractivity contribution in [2.45, 2.75) is 70.3 Å². The molecule has 0 saturated carbocycles. The van der Waals surface area contributed by atoms with E-state index in [4.69, 9.17) is 0 Å². The molecular weight excluding hydrogens is 446 g/mol. The van der Waals surface area contributed by atoms with E-state index in [0.717, 1.165) is 4.90 Å². The van der Waals surface area contributed by atoms with Gasteiger partial charge in [-0.25, -0.2) is 4.79 Å². The van der Waals surface area contributed by atoms with Crippen molar-refractivity contribution in [2.75, 3.05) is 20.6 Å². The Morgan fingerprint density at radius 3 is 2.09 bits per heavy atom. The molecule has 0 bridgehead atoms. The maximum atomic E-state index is 12.9. The molecule has 0 aromatic heterocycles. The number of urea groups is 1. The molecule has 0 aliphatic carbocycles.